The molecule has 11 heteroatoms. The van der Waals surface area contributed by atoms with Gasteiger partial charge in [-0.15, -0.1) is 0 Å². The summed E-state index contributed by atoms with van der Waals surface area (Å²) in [5.41, 5.74) is 5.55. The van der Waals surface area contributed by atoms with Gasteiger partial charge in [0.25, 0.3) is 5.91 Å². The molecule has 7 nitrogen and oxygen atoms in total. The summed E-state index contributed by atoms with van der Waals surface area (Å²) in [5, 5.41) is 13.4. The van der Waals surface area contributed by atoms with Crippen LogP contribution >= 0.6 is 11.6 Å². The molecule has 0 saturated heterocycles. The Morgan fingerprint density at radius 3 is 2.87 bits per heavy atom. The third kappa shape index (κ3) is 5.59. The molecular weight excluding hydrogens is 531 g/mol. The second-order valence-electron chi connectivity index (χ2n) is 9.64. The van der Waals surface area contributed by atoms with Crippen molar-refractivity contribution in [3.63, 3.8) is 0 Å². The number of fused-ring (bicyclic) bond motifs is 2. The molecule has 0 radical (unpaired) electrons. The van der Waals surface area contributed by atoms with Crippen LogP contribution < -0.4 is 5.48 Å². The van der Waals surface area contributed by atoms with Gasteiger partial charge in [-0.3, -0.25) is 19.6 Å². The predicted molar refractivity (Wildman–Crippen MR) is 142 cm³/mol. The highest BCUT2D eigenvalue weighted by Crippen LogP contribution is 2.40. The van der Waals surface area contributed by atoms with Gasteiger partial charge >= 0.3 is 6.18 Å². The van der Waals surface area contributed by atoms with E-state index >= 15 is 0 Å². The van der Waals surface area contributed by atoms with E-state index in [0.29, 0.717) is 13.0 Å². The number of H-pyrrole nitrogens is 1. The number of benzene rings is 2. The van der Waals surface area contributed by atoms with E-state index in [1.54, 1.807) is 11.6 Å². The molecule has 0 spiro atoms. The summed E-state index contributed by atoms with van der Waals surface area (Å²) in [6.45, 7) is 0.499. The molecule has 0 saturated carbocycles. The molecule has 0 bridgehead atoms. The van der Waals surface area contributed by atoms with Gasteiger partial charge in [0, 0.05) is 54.9 Å². The molecule has 2 heterocycles. The first-order valence-corrected chi connectivity index (χ1v) is 12.9. The summed E-state index contributed by atoms with van der Waals surface area (Å²) < 4.78 is 42.7. The molecule has 4 aromatic rings. The molecule has 1 atom stereocenters. The monoisotopic (exact) mass is 557 g/mol. The first-order chi connectivity index (χ1) is 18.7. The molecule has 0 aliphatic heterocycles. The van der Waals surface area contributed by atoms with Crippen LogP contribution in [0.5, 0.6) is 0 Å². The minimum absolute atomic E-state index is 0.00763. The smallest absolute Gasteiger partial charge is 0.361 e. The number of aromatic nitrogens is 3. The van der Waals surface area contributed by atoms with Crippen molar-refractivity contribution in [1.82, 2.24) is 25.1 Å². The lowest BCUT2D eigenvalue weighted by Crippen LogP contribution is -2.30. The number of para-hydroxylation sites is 1. The second-order valence-corrected chi connectivity index (χ2v) is 10.00. The average Bonchev–Trinajstić information content (AvgIpc) is 3.61. The first-order valence-electron chi connectivity index (χ1n) is 12.5. The van der Waals surface area contributed by atoms with Crippen molar-refractivity contribution in [2.75, 3.05) is 6.54 Å². The SMILES string of the molecule is Cn1nc(C(F)(F)F)c(CN(CCc2c[nH]c3ccccc23)C2CCc3cc(C=CC(=O)NO)ccc32)c1Cl. The zero-order valence-corrected chi connectivity index (χ0v) is 21.9. The lowest BCUT2D eigenvalue weighted by atomic mass is 10.0. The Morgan fingerprint density at radius 1 is 1.31 bits per heavy atom. The Labute approximate surface area is 227 Å². The van der Waals surface area contributed by atoms with Crippen molar-refractivity contribution in [2.45, 2.75) is 38.0 Å². The fourth-order valence-corrected chi connectivity index (χ4v) is 5.56. The average molecular weight is 558 g/mol. The van der Waals surface area contributed by atoms with Gasteiger partial charge in [-0.25, -0.2) is 5.48 Å². The van der Waals surface area contributed by atoms with Crippen LogP contribution in [-0.4, -0.2) is 37.3 Å². The number of hydroxylamine groups is 1. The minimum Gasteiger partial charge on any atom is -0.361 e. The molecule has 3 N–H and O–H groups in total. The van der Waals surface area contributed by atoms with Gasteiger partial charge in [-0.1, -0.05) is 48.0 Å². The van der Waals surface area contributed by atoms with Crippen LogP contribution in [0.2, 0.25) is 5.15 Å². The van der Waals surface area contributed by atoms with E-state index < -0.39 is 17.8 Å². The van der Waals surface area contributed by atoms with Gasteiger partial charge in [0.15, 0.2) is 5.69 Å². The molecule has 39 heavy (non-hydrogen) atoms. The van der Waals surface area contributed by atoms with Crippen LogP contribution in [0.15, 0.2) is 54.7 Å². The lowest BCUT2D eigenvalue weighted by molar-refractivity contribution is -0.142. The Hall–Kier alpha value is -3.60. The number of nitrogens with one attached hydrogen (secondary N) is 2. The van der Waals surface area contributed by atoms with Gasteiger partial charge in [-0.2, -0.15) is 18.3 Å². The van der Waals surface area contributed by atoms with E-state index in [2.05, 4.69) is 15.0 Å². The Balaban J connectivity index is 1.47. The van der Waals surface area contributed by atoms with E-state index in [0.717, 1.165) is 50.7 Å². The molecule has 5 rings (SSSR count). The summed E-state index contributed by atoms with van der Waals surface area (Å²) in [5.74, 6) is -0.634. The quantitative estimate of drug-likeness (QED) is 0.145. The van der Waals surface area contributed by atoms with Crippen molar-refractivity contribution < 1.29 is 23.2 Å². The summed E-state index contributed by atoms with van der Waals surface area (Å²) in [6, 6.07) is 13.6. The van der Waals surface area contributed by atoms with Gasteiger partial charge in [-0.05, 0) is 53.7 Å². The maximum absolute atomic E-state index is 13.9. The maximum atomic E-state index is 13.9. The van der Waals surface area contributed by atoms with Crippen LogP contribution in [0, 0.1) is 0 Å². The highest BCUT2D eigenvalue weighted by molar-refractivity contribution is 6.30. The highest BCUT2D eigenvalue weighted by atomic mass is 35.5. The molecule has 1 amide bonds. The molecule has 1 unspecified atom stereocenters. The second kappa shape index (κ2) is 10.9. The number of hydrogen-bond acceptors (Lipinski definition) is 4. The van der Waals surface area contributed by atoms with Crippen LogP contribution in [0.3, 0.4) is 0 Å². The van der Waals surface area contributed by atoms with Crippen molar-refractivity contribution >= 4 is 34.5 Å². The van der Waals surface area contributed by atoms with Crippen molar-refractivity contribution in [3.05, 3.63) is 93.4 Å². The van der Waals surface area contributed by atoms with E-state index in [4.69, 9.17) is 16.8 Å². The molecule has 1 aliphatic carbocycles. The summed E-state index contributed by atoms with van der Waals surface area (Å²) in [7, 11) is 1.41. The zero-order chi connectivity index (χ0) is 27.7. The predicted octanol–water partition coefficient (Wildman–Crippen LogP) is 5.82. The van der Waals surface area contributed by atoms with E-state index in [1.165, 1.54) is 13.1 Å². The number of carbonyl (C=O) groups is 1. The summed E-state index contributed by atoms with van der Waals surface area (Å²) >= 11 is 6.35. The Bertz CT molecular complexity index is 1540. The van der Waals surface area contributed by atoms with E-state index in [9.17, 15) is 18.0 Å². The fraction of sp³-hybridized carbons (Fsp3) is 0.286. The number of carbonyl (C=O) groups excluding carboxylic acids is 1. The van der Waals surface area contributed by atoms with Crippen LogP contribution in [-0.2, 0) is 37.4 Å². The normalized spacial score (nSPS) is 15.5. The van der Waals surface area contributed by atoms with Gasteiger partial charge in [0.05, 0.1) is 0 Å². The van der Waals surface area contributed by atoms with E-state index in [-0.39, 0.29) is 23.3 Å². The largest absolute Gasteiger partial charge is 0.435 e. The number of nitrogens with zero attached hydrogens (tertiary/aromatic N) is 3. The Kier molecular flexibility index (Phi) is 7.53. The van der Waals surface area contributed by atoms with Crippen LogP contribution in [0.25, 0.3) is 17.0 Å². The number of alkyl halides is 3. The first kappa shape index (κ1) is 27.0. The van der Waals surface area contributed by atoms with Gasteiger partial charge < -0.3 is 4.98 Å². The Morgan fingerprint density at radius 2 is 2.10 bits per heavy atom. The maximum Gasteiger partial charge on any atom is 0.435 e. The molecule has 0 fully saturated rings. The molecule has 204 valence electrons. The third-order valence-corrected chi connectivity index (χ3v) is 7.71. The summed E-state index contributed by atoms with van der Waals surface area (Å²) in [4.78, 5) is 16.7. The number of aryl methyl sites for hydroxylation is 2. The fourth-order valence-electron chi connectivity index (χ4n) is 5.37. The summed E-state index contributed by atoms with van der Waals surface area (Å²) in [6.07, 6.45) is 2.25. The standard InChI is InChI=1S/C28H27ClF3N5O2/c1-36-27(29)22(26(34-36)28(30,31)32)16-37(13-12-19-15-33-23-5-3-2-4-20(19)23)24-10-8-18-14-17(6-9-21(18)24)7-11-25(38)35-39/h2-7,9,11,14-15,24,33,39H,8,10,12-13,16H2,1H3,(H,35,38). The number of rotatable bonds is 8. The van der Waals surface area contributed by atoms with Crippen molar-refractivity contribution in [3.8, 4) is 0 Å². The highest BCUT2D eigenvalue weighted by Gasteiger charge is 2.40. The van der Waals surface area contributed by atoms with E-state index in [1.807, 2.05) is 48.7 Å². The van der Waals surface area contributed by atoms with Crippen LogP contribution in [0.4, 0.5) is 13.2 Å². The molecule has 1 aliphatic rings. The number of amides is 1. The number of hydrogen-bond donors (Lipinski definition) is 3. The molecule has 2 aromatic carbocycles. The number of aromatic amines is 1. The van der Waals surface area contributed by atoms with Crippen LogP contribution in [0.1, 0.15) is 46.0 Å². The third-order valence-electron chi connectivity index (χ3n) is 7.23. The zero-order valence-electron chi connectivity index (χ0n) is 21.1. The minimum atomic E-state index is -4.63. The molecule has 2 aromatic heterocycles. The molecular formula is C28H27ClF3N5O2. The topological polar surface area (TPSA) is 86.2 Å². The number of halogens is 4. The van der Waals surface area contributed by atoms with Gasteiger partial charge in [0.1, 0.15) is 5.15 Å². The van der Waals surface area contributed by atoms with Gasteiger partial charge in [0.2, 0.25) is 0 Å². The lowest BCUT2D eigenvalue weighted by Gasteiger charge is -2.30. The van der Waals surface area contributed by atoms with Crippen molar-refractivity contribution in [1.29, 1.82) is 0 Å². The van der Waals surface area contributed by atoms with Crippen molar-refractivity contribution in [2.24, 2.45) is 7.05 Å².